The number of nitrogens with one attached hydrogen (secondary N) is 1. The van der Waals surface area contributed by atoms with E-state index in [-0.39, 0.29) is 6.04 Å². The van der Waals surface area contributed by atoms with Gasteiger partial charge in [-0.25, -0.2) is 4.98 Å². The average Bonchev–Trinajstić information content (AvgIpc) is 2.97. The first-order valence-corrected chi connectivity index (χ1v) is 8.11. The second-order valence-corrected chi connectivity index (χ2v) is 6.56. The van der Waals surface area contributed by atoms with E-state index in [4.69, 9.17) is 4.74 Å². The van der Waals surface area contributed by atoms with Gasteiger partial charge >= 0.3 is 0 Å². The number of hydrogen-bond acceptors (Lipinski definition) is 4. The highest BCUT2D eigenvalue weighted by Gasteiger charge is 2.28. The van der Waals surface area contributed by atoms with Crippen molar-refractivity contribution in [1.82, 2.24) is 10.3 Å². The fraction of sp³-hybridized carbons (Fsp3) is 0.438. The van der Waals surface area contributed by atoms with Crippen molar-refractivity contribution in [1.29, 1.82) is 0 Å². The minimum atomic E-state index is 0.229. The smallest absolute Gasteiger partial charge is 0.122 e. The lowest BCUT2D eigenvalue weighted by Gasteiger charge is -2.17. The minimum absolute atomic E-state index is 0.229. The summed E-state index contributed by atoms with van der Waals surface area (Å²) in [6, 6.07) is 7.47. The molecule has 1 N–H and O–H groups in total. The maximum atomic E-state index is 5.60. The van der Waals surface area contributed by atoms with Gasteiger partial charge < -0.3 is 10.1 Å². The zero-order valence-electron chi connectivity index (χ0n) is 11.6. The molecule has 4 heteroatoms. The van der Waals surface area contributed by atoms with Crippen LogP contribution >= 0.6 is 11.3 Å². The lowest BCUT2D eigenvalue weighted by Crippen LogP contribution is -2.24. The zero-order valence-corrected chi connectivity index (χ0v) is 12.4. The predicted octanol–water partition coefficient (Wildman–Crippen LogP) is 3.23. The number of aryl methyl sites for hydroxylation is 1. The van der Waals surface area contributed by atoms with Crippen molar-refractivity contribution >= 4 is 11.3 Å². The zero-order chi connectivity index (χ0) is 13.5. The van der Waals surface area contributed by atoms with Crippen LogP contribution in [0.1, 0.15) is 40.7 Å². The van der Waals surface area contributed by atoms with Crippen LogP contribution in [0.3, 0.4) is 0 Å². The van der Waals surface area contributed by atoms with Crippen LogP contribution in [-0.4, -0.2) is 17.6 Å². The van der Waals surface area contributed by atoms with Crippen LogP contribution in [0.4, 0.5) is 0 Å². The molecule has 1 aliphatic carbocycles. The maximum Gasteiger partial charge on any atom is 0.122 e. The second-order valence-electron chi connectivity index (χ2n) is 5.67. The van der Waals surface area contributed by atoms with Crippen LogP contribution in [0.25, 0.3) is 0 Å². The van der Waals surface area contributed by atoms with E-state index in [9.17, 15) is 0 Å². The van der Waals surface area contributed by atoms with Crippen molar-refractivity contribution in [2.75, 3.05) is 6.61 Å². The van der Waals surface area contributed by atoms with Crippen molar-refractivity contribution < 1.29 is 4.74 Å². The molecule has 0 saturated heterocycles. The van der Waals surface area contributed by atoms with E-state index in [1.165, 1.54) is 29.0 Å². The lowest BCUT2D eigenvalue weighted by molar-refractivity contribution is 0.357. The molecule has 20 heavy (non-hydrogen) atoms. The molecule has 1 saturated carbocycles. The molecule has 0 amide bonds. The Kier molecular flexibility index (Phi) is 3.00. The Hall–Kier alpha value is -1.39. The molecule has 104 valence electrons. The Morgan fingerprint density at radius 2 is 2.30 bits per heavy atom. The number of rotatable bonds is 4. The second kappa shape index (κ2) is 4.86. The predicted molar refractivity (Wildman–Crippen MR) is 80.5 cm³/mol. The Labute approximate surface area is 123 Å². The van der Waals surface area contributed by atoms with Crippen LogP contribution < -0.4 is 10.1 Å². The molecule has 1 atom stereocenters. The molecule has 1 fully saturated rings. The number of fused-ring (bicyclic) bond motifs is 1. The van der Waals surface area contributed by atoms with Gasteiger partial charge in [-0.1, -0.05) is 6.07 Å². The number of benzene rings is 1. The van der Waals surface area contributed by atoms with E-state index in [0.717, 1.165) is 24.5 Å². The van der Waals surface area contributed by atoms with E-state index in [0.29, 0.717) is 6.04 Å². The number of ether oxygens (including phenoxy) is 1. The third kappa shape index (κ3) is 2.34. The summed E-state index contributed by atoms with van der Waals surface area (Å²) < 4.78 is 5.60. The van der Waals surface area contributed by atoms with E-state index >= 15 is 0 Å². The monoisotopic (exact) mass is 286 g/mol. The summed E-state index contributed by atoms with van der Waals surface area (Å²) in [7, 11) is 0. The van der Waals surface area contributed by atoms with E-state index in [1.807, 2.05) is 0 Å². The van der Waals surface area contributed by atoms with Gasteiger partial charge in [0.15, 0.2) is 0 Å². The van der Waals surface area contributed by atoms with Gasteiger partial charge in [0.2, 0.25) is 0 Å². The van der Waals surface area contributed by atoms with Crippen molar-refractivity contribution in [2.45, 2.75) is 38.3 Å². The first kappa shape index (κ1) is 12.4. The van der Waals surface area contributed by atoms with E-state index in [1.54, 1.807) is 11.3 Å². The fourth-order valence-electron chi connectivity index (χ4n) is 2.69. The van der Waals surface area contributed by atoms with Crippen LogP contribution in [-0.2, 0) is 6.42 Å². The summed E-state index contributed by atoms with van der Waals surface area (Å²) in [6.45, 7) is 2.88. The average molecular weight is 286 g/mol. The van der Waals surface area contributed by atoms with Gasteiger partial charge in [-0.3, -0.25) is 0 Å². The third-order valence-corrected chi connectivity index (χ3v) is 4.94. The van der Waals surface area contributed by atoms with E-state index < -0.39 is 0 Å². The Bertz CT molecular complexity index is 633. The molecule has 4 rings (SSSR count). The van der Waals surface area contributed by atoms with Crippen molar-refractivity contribution in [3.63, 3.8) is 0 Å². The topological polar surface area (TPSA) is 34.1 Å². The van der Waals surface area contributed by atoms with Crippen LogP contribution in [0.5, 0.6) is 5.75 Å². The van der Waals surface area contributed by atoms with Gasteiger partial charge in [-0.05, 0) is 43.0 Å². The summed E-state index contributed by atoms with van der Waals surface area (Å²) >= 11 is 1.75. The minimum Gasteiger partial charge on any atom is -0.493 e. The van der Waals surface area contributed by atoms with Gasteiger partial charge in [-0.15, -0.1) is 11.3 Å². The number of nitrogens with zero attached hydrogens (tertiary/aromatic N) is 1. The van der Waals surface area contributed by atoms with Crippen molar-refractivity contribution in [2.24, 2.45) is 0 Å². The normalized spacial score (nSPS) is 18.6. The quantitative estimate of drug-likeness (QED) is 0.937. The number of hydrogen-bond donors (Lipinski definition) is 1. The molecule has 1 aliphatic heterocycles. The molecule has 0 bridgehead atoms. The third-order valence-electron chi connectivity index (χ3n) is 3.91. The first-order chi connectivity index (χ1) is 9.79. The van der Waals surface area contributed by atoms with Crippen LogP contribution in [0, 0.1) is 6.92 Å². The van der Waals surface area contributed by atoms with Gasteiger partial charge in [0.25, 0.3) is 0 Å². The molecule has 2 aliphatic rings. The van der Waals surface area contributed by atoms with Crippen molar-refractivity contribution in [3.8, 4) is 5.75 Å². The summed E-state index contributed by atoms with van der Waals surface area (Å²) in [5.74, 6) is 1.05. The Balaban J connectivity index is 1.69. The van der Waals surface area contributed by atoms with Crippen molar-refractivity contribution in [3.05, 3.63) is 45.4 Å². The molecule has 1 aromatic heterocycles. The molecular weight excluding hydrogens is 268 g/mol. The van der Waals surface area contributed by atoms with Crippen LogP contribution in [0.15, 0.2) is 23.6 Å². The maximum absolute atomic E-state index is 5.60. The molecule has 1 unspecified atom stereocenters. The molecule has 0 radical (unpaired) electrons. The molecule has 0 spiro atoms. The highest BCUT2D eigenvalue weighted by atomic mass is 32.1. The highest BCUT2D eigenvalue weighted by molar-refractivity contribution is 7.09. The first-order valence-electron chi connectivity index (χ1n) is 7.23. The summed E-state index contributed by atoms with van der Waals surface area (Å²) in [4.78, 5) is 4.69. The SMILES string of the molecule is Cc1csc(C(NC2CC2)c2ccc3c(c2)CCO3)n1. The summed E-state index contributed by atoms with van der Waals surface area (Å²) in [6.07, 6.45) is 3.60. The molecule has 2 aromatic rings. The summed E-state index contributed by atoms with van der Waals surface area (Å²) in [5, 5.41) is 7.04. The Morgan fingerprint density at radius 3 is 3.05 bits per heavy atom. The van der Waals surface area contributed by atoms with Crippen LogP contribution in [0.2, 0.25) is 0 Å². The molecule has 1 aromatic carbocycles. The standard InChI is InChI=1S/C16H18N2OS/c1-10-9-20-16(17-10)15(18-13-3-4-13)12-2-5-14-11(8-12)6-7-19-14/h2,5,8-9,13,15,18H,3-4,6-7H2,1H3. The Morgan fingerprint density at radius 1 is 1.40 bits per heavy atom. The van der Waals surface area contributed by atoms with Gasteiger partial charge in [0.1, 0.15) is 10.8 Å². The lowest BCUT2D eigenvalue weighted by atomic mass is 10.0. The summed E-state index contributed by atoms with van der Waals surface area (Å²) in [5.41, 5.74) is 3.76. The van der Waals surface area contributed by atoms with Gasteiger partial charge in [0.05, 0.1) is 12.6 Å². The number of thiazole rings is 1. The molecular formula is C16H18N2OS. The van der Waals surface area contributed by atoms with E-state index in [2.05, 4.69) is 40.8 Å². The fourth-order valence-corrected chi connectivity index (χ4v) is 3.57. The number of aromatic nitrogens is 1. The van der Waals surface area contributed by atoms with Gasteiger partial charge in [0, 0.05) is 23.5 Å². The highest BCUT2D eigenvalue weighted by Crippen LogP contribution is 2.34. The molecule has 2 heterocycles. The molecule has 3 nitrogen and oxygen atoms in total. The van der Waals surface area contributed by atoms with Gasteiger partial charge in [-0.2, -0.15) is 0 Å². The largest absolute Gasteiger partial charge is 0.493 e.